The van der Waals surface area contributed by atoms with E-state index in [1.807, 2.05) is 66.7 Å². The lowest BCUT2D eigenvalue weighted by Crippen LogP contribution is -2.26. The second kappa shape index (κ2) is 9.63. The highest BCUT2D eigenvalue weighted by atomic mass is 35.5. The van der Waals surface area contributed by atoms with E-state index in [0.717, 1.165) is 28.1 Å². The fourth-order valence-electron chi connectivity index (χ4n) is 3.80. The van der Waals surface area contributed by atoms with E-state index >= 15 is 0 Å². The summed E-state index contributed by atoms with van der Waals surface area (Å²) < 4.78 is 1.68. The van der Waals surface area contributed by atoms with Gasteiger partial charge in [0.2, 0.25) is 0 Å². The molecule has 34 heavy (non-hydrogen) atoms. The minimum atomic E-state index is -0.244. The molecule has 0 spiro atoms. The molecule has 0 fully saturated rings. The van der Waals surface area contributed by atoms with Gasteiger partial charge in [0, 0.05) is 57.8 Å². The Morgan fingerprint density at radius 2 is 1.68 bits per heavy atom. The van der Waals surface area contributed by atoms with Crippen molar-refractivity contribution in [1.82, 2.24) is 24.9 Å². The van der Waals surface area contributed by atoms with Crippen molar-refractivity contribution in [3.63, 3.8) is 0 Å². The molecule has 0 radical (unpaired) electrons. The third kappa shape index (κ3) is 4.38. The molecule has 0 bridgehead atoms. The number of fused-ring (bicyclic) bond motifs is 1. The first-order chi connectivity index (χ1) is 16.6. The van der Waals surface area contributed by atoms with Crippen molar-refractivity contribution in [1.29, 1.82) is 0 Å². The highest BCUT2D eigenvalue weighted by molar-refractivity contribution is 6.33. The Morgan fingerprint density at radius 1 is 0.882 bits per heavy atom. The molecule has 0 aliphatic carbocycles. The van der Waals surface area contributed by atoms with Crippen LogP contribution in [0, 0.1) is 0 Å². The maximum absolute atomic E-state index is 12.9. The highest BCUT2D eigenvalue weighted by Crippen LogP contribution is 2.36. The molecule has 8 heteroatoms. The number of hydrogen-bond donors (Lipinski definition) is 1. The lowest BCUT2D eigenvalue weighted by molar-refractivity contribution is 0.0955. The van der Waals surface area contributed by atoms with Crippen molar-refractivity contribution < 1.29 is 4.79 Å². The van der Waals surface area contributed by atoms with Crippen LogP contribution >= 0.6 is 23.2 Å². The molecule has 6 nitrogen and oxygen atoms in total. The molecule has 0 aliphatic heterocycles. The number of nitrogens with one attached hydrogen (secondary N) is 1. The lowest BCUT2D eigenvalue weighted by Gasteiger charge is -2.13. The Bertz CT molecular complexity index is 1470. The van der Waals surface area contributed by atoms with Crippen molar-refractivity contribution >= 4 is 34.8 Å². The number of carbonyl (C=O) groups is 1. The van der Waals surface area contributed by atoms with E-state index in [4.69, 9.17) is 23.2 Å². The topological polar surface area (TPSA) is 72.2 Å². The van der Waals surface area contributed by atoms with E-state index in [-0.39, 0.29) is 5.91 Å². The van der Waals surface area contributed by atoms with Crippen LogP contribution in [0.15, 0.2) is 85.3 Å². The lowest BCUT2D eigenvalue weighted by atomic mass is 10.0. The van der Waals surface area contributed by atoms with Gasteiger partial charge in [-0.05, 0) is 30.3 Å². The SMILES string of the molecule is O=C(NCCc1ccccn1)c1cnn2c(-c3ccc(Cl)cc3)c(-c3ccccc3Cl)cnc12. The number of hydrogen-bond acceptors (Lipinski definition) is 4. The van der Waals surface area contributed by atoms with E-state index in [1.54, 1.807) is 16.9 Å². The Hall–Kier alpha value is -3.74. The maximum Gasteiger partial charge on any atom is 0.256 e. The summed E-state index contributed by atoms with van der Waals surface area (Å²) in [6, 6.07) is 20.7. The van der Waals surface area contributed by atoms with Gasteiger partial charge in [-0.15, -0.1) is 0 Å². The van der Waals surface area contributed by atoms with Gasteiger partial charge < -0.3 is 5.32 Å². The maximum atomic E-state index is 12.9. The van der Waals surface area contributed by atoms with Gasteiger partial charge in [-0.2, -0.15) is 5.10 Å². The van der Waals surface area contributed by atoms with Crippen LogP contribution < -0.4 is 5.32 Å². The van der Waals surface area contributed by atoms with E-state index in [2.05, 4.69) is 20.4 Å². The second-order valence-corrected chi connectivity index (χ2v) is 8.47. The van der Waals surface area contributed by atoms with E-state index in [1.165, 1.54) is 6.20 Å². The quantitative estimate of drug-likeness (QED) is 0.331. The van der Waals surface area contributed by atoms with Gasteiger partial charge in [0.1, 0.15) is 5.56 Å². The molecular formula is C26H19Cl2N5O. The molecule has 0 saturated heterocycles. The summed E-state index contributed by atoms with van der Waals surface area (Å²) >= 11 is 12.6. The zero-order chi connectivity index (χ0) is 23.5. The summed E-state index contributed by atoms with van der Waals surface area (Å²) in [6.07, 6.45) is 5.63. The minimum Gasteiger partial charge on any atom is -0.351 e. The molecule has 3 aromatic heterocycles. The molecule has 5 rings (SSSR count). The Morgan fingerprint density at radius 3 is 2.44 bits per heavy atom. The molecule has 1 amide bonds. The van der Waals surface area contributed by atoms with E-state index in [9.17, 15) is 4.79 Å². The molecule has 168 valence electrons. The van der Waals surface area contributed by atoms with Crippen molar-refractivity contribution in [3.05, 3.63) is 107 Å². The third-order valence-electron chi connectivity index (χ3n) is 5.45. The average molecular weight is 488 g/mol. The van der Waals surface area contributed by atoms with Gasteiger partial charge in [-0.1, -0.05) is 59.6 Å². The molecule has 0 atom stereocenters. The molecule has 0 unspecified atom stereocenters. The van der Waals surface area contributed by atoms with Crippen LogP contribution in [0.4, 0.5) is 0 Å². The zero-order valence-corrected chi connectivity index (χ0v) is 19.5. The average Bonchev–Trinajstić information content (AvgIpc) is 3.29. The minimum absolute atomic E-state index is 0.244. The van der Waals surface area contributed by atoms with Crippen LogP contribution in [0.1, 0.15) is 16.1 Å². The largest absolute Gasteiger partial charge is 0.351 e. The fraction of sp³-hybridized carbons (Fsp3) is 0.0769. The van der Waals surface area contributed by atoms with Gasteiger partial charge >= 0.3 is 0 Å². The number of benzene rings is 2. The zero-order valence-electron chi connectivity index (χ0n) is 18.0. The van der Waals surface area contributed by atoms with Crippen molar-refractivity contribution in [2.45, 2.75) is 6.42 Å². The molecule has 3 heterocycles. The van der Waals surface area contributed by atoms with E-state index < -0.39 is 0 Å². The van der Waals surface area contributed by atoms with Crippen LogP contribution in [-0.2, 0) is 6.42 Å². The third-order valence-corrected chi connectivity index (χ3v) is 6.03. The number of pyridine rings is 1. The Balaban J connectivity index is 1.54. The summed E-state index contributed by atoms with van der Waals surface area (Å²) in [4.78, 5) is 21.8. The smallest absolute Gasteiger partial charge is 0.256 e. The summed E-state index contributed by atoms with van der Waals surface area (Å²) in [6.45, 7) is 0.453. The standard InChI is InChI=1S/C26H19Cl2N5O/c27-18-10-8-17(9-11-18)24-21(20-6-1-2-7-23(20)28)15-31-25-22(16-32-33(24)25)26(34)30-14-12-19-5-3-4-13-29-19/h1-11,13,15-16H,12,14H2,(H,30,34). The first-order valence-corrected chi connectivity index (χ1v) is 11.4. The number of aromatic nitrogens is 4. The van der Waals surface area contributed by atoms with Gasteiger partial charge in [-0.25, -0.2) is 9.50 Å². The van der Waals surface area contributed by atoms with Crippen LogP contribution in [0.5, 0.6) is 0 Å². The summed E-state index contributed by atoms with van der Waals surface area (Å²) in [5.41, 5.74) is 5.01. The summed E-state index contributed by atoms with van der Waals surface area (Å²) in [5.74, 6) is -0.244. The van der Waals surface area contributed by atoms with Crippen molar-refractivity contribution in [2.75, 3.05) is 6.54 Å². The first kappa shape index (κ1) is 22.1. The Labute approximate surface area is 206 Å². The van der Waals surface area contributed by atoms with Gasteiger partial charge in [0.25, 0.3) is 5.91 Å². The van der Waals surface area contributed by atoms with Gasteiger partial charge in [0.15, 0.2) is 5.65 Å². The monoisotopic (exact) mass is 487 g/mol. The number of nitrogens with zero attached hydrogens (tertiary/aromatic N) is 4. The number of carbonyl (C=O) groups excluding carboxylic acids is 1. The normalized spacial score (nSPS) is 11.0. The van der Waals surface area contributed by atoms with Crippen LogP contribution in [0.25, 0.3) is 28.0 Å². The van der Waals surface area contributed by atoms with E-state index in [0.29, 0.717) is 34.2 Å². The predicted molar refractivity (Wildman–Crippen MR) is 134 cm³/mol. The molecule has 0 aliphatic rings. The number of rotatable bonds is 6. The Kier molecular flexibility index (Phi) is 6.25. The molecule has 2 aromatic carbocycles. The fourth-order valence-corrected chi connectivity index (χ4v) is 4.16. The number of amides is 1. The van der Waals surface area contributed by atoms with Crippen LogP contribution in [-0.4, -0.2) is 32.0 Å². The van der Waals surface area contributed by atoms with Gasteiger partial charge in [0.05, 0.1) is 11.9 Å². The summed E-state index contributed by atoms with van der Waals surface area (Å²) in [7, 11) is 0. The highest BCUT2D eigenvalue weighted by Gasteiger charge is 2.20. The van der Waals surface area contributed by atoms with Gasteiger partial charge in [-0.3, -0.25) is 9.78 Å². The molecule has 1 N–H and O–H groups in total. The molecular weight excluding hydrogens is 469 g/mol. The van der Waals surface area contributed by atoms with Crippen LogP contribution in [0.2, 0.25) is 10.0 Å². The van der Waals surface area contributed by atoms with Crippen molar-refractivity contribution in [2.24, 2.45) is 0 Å². The summed E-state index contributed by atoms with van der Waals surface area (Å²) in [5, 5.41) is 8.68. The predicted octanol–water partition coefficient (Wildman–Crippen LogP) is 5.74. The molecule has 0 saturated carbocycles. The number of halogens is 2. The second-order valence-electron chi connectivity index (χ2n) is 7.63. The first-order valence-electron chi connectivity index (χ1n) is 10.7. The van der Waals surface area contributed by atoms with Crippen LogP contribution in [0.3, 0.4) is 0 Å². The molecule has 5 aromatic rings. The van der Waals surface area contributed by atoms with Crippen molar-refractivity contribution in [3.8, 4) is 22.4 Å².